The Kier molecular flexibility index (Phi) is 6.31. The lowest BCUT2D eigenvalue weighted by molar-refractivity contribution is -0.0914. The molecular weight excluding hydrogens is 406 g/mol. The van der Waals surface area contributed by atoms with Gasteiger partial charge in [-0.1, -0.05) is 0 Å². The molecule has 0 spiro atoms. The molecule has 1 aliphatic heterocycles. The molecule has 1 unspecified atom stereocenters. The fourth-order valence-corrected chi connectivity index (χ4v) is 3.28. The van der Waals surface area contributed by atoms with Gasteiger partial charge in [0, 0.05) is 28.9 Å². The molecule has 9 heteroatoms. The van der Waals surface area contributed by atoms with E-state index in [4.69, 9.17) is 10.1 Å². The van der Waals surface area contributed by atoms with Crippen LogP contribution in [-0.2, 0) is 4.74 Å². The Hall–Kier alpha value is -1.35. The number of rotatable bonds is 4. The molecule has 0 radical (unpaired) electrons. The molecule has 0 amide bonds. The molecule has 2 rings (SSSR count). The lowest BCUT2D eigenvalue weighted by atomic mass is 9.95. The van der Waals surface area contributed by atoms with Gasteiger partial charge >= 0.3 is 6.18 Å². The van der Waals surface area contributed by atoms with Crippen molar-refractivity contribution in [1.82, 2.24) is 10.6 Å². The molecule has 0 saturated carbocycles. The summed E-state index contributed by atoms with van der Waals surface area (Å²) in [6, 6.07) is -0.330. The smallest absolute Gasteiger partial charge is 0.379 e. The van der Waals surface area contributed by atoms with E-state index in [1.807, 2.05) is 0 Å². The number of hydrogen-bond donors (Lipinski definition) is 3. The predicted molar refractivity (Wildman–Crippen MR) is 91.0 cm³/mol. The lowest BCUT2D eigenvalue weighted by Gasteiger charge is -2.27. The highest BCUT2D eigenvalue weighted by Crippen LogP contribution is 2.43. The maximum absolute atomic E-state index is 14.4. The molecule has 2 aliphatic rings. The van der Waals surface area contributed by atoms with Crippen molar-refractivity contribution in [3.05, 3.63) is 33.4 Å². The Balaban J connectivity index is 2.41. The van der Waals surface area contributed by atoms with Crippen LogP contribution in [0.2, 0.25) is 0 Å². The minimum atomic E-state index is -4.89. The van der Waals surface area contributed by atoms with Crippen molar-refractivity contribution in [1.29, 1.82) is 5.41 Å². The predicted octanol–water partition coefficient (Wildman–Crippen LogP) is 4.41. The summed E-state index contributed by atoms with van der Waals surface area (Å²) in [5, 5.41) is 13.6. The number of ether oxygens (including phenoxy) is 1. The van der Waals surface area contributed by atoms with E-state index in [0.29, 0.717) is 13.0 Å². The third-order valence-electron chi connectivity index (χ3n) is 3.72. The minimum Gasteiger partial charge on any atom is -0.379 e. The summed E-state index contributed by atoms with van der Waals surface area (Å²) in [6.45, 7) is 3.88. The molecule has 1 saturated heterocycles. The molecule has 1 fully saturated rings. The molecule has 1 aliphatic carbocycles. The van der Waals surface area contributed by atoms with Crippen molar-refractivity contribution in [3.63, 3.8) is 0 Å². The number of halogens is 5. The van der Waals surface area contributed by atoms with Crippen LogP contribution in [0.4, 0.5) is 17.6 Å². The maximum atomic E-state index is 14.4. The monoisotopic (exact) mass is 425 g/mol. The average molecular weight is 426 g/mol. The quantitative estimate of drug-likeness (QED) is 0.584. The summed E-state index contributed by atoms with van der Waals surface area (Å²) in [5.74, 6) is -1.48. The van der Waals surface area contributed by atoms with Crippen LogP contribution in [0, 0.1) is 5.41 Å². The zero-order chi connectivity index (χ0) is 18.8. The van der Waals surface area contributed by atoms with Gasteiger partial charge in [0.1, 0.15) is 11.8 Å². The molecule has 0 bridgehead atoms. The summed E-state index contributed by atoms with van der Waals surface area (Å²) >= 11 is 2.82. The van der Waals surface area contributed by atoms with Crippen LogP contribution in [-0.4, -0.2) is 30.8 Å². The van der Waals surface area contributed by atoms with Crippen molar-refractivity contribution >= 4 is 21.6 Å². The second-order valence-electron chi connectivity index (χ2n) is 6.13. The molecule has 1 atom stereocenters. The lowest BCUT2D eigenvalue weighted by Crippen LogP contribution is -2.35. The summed E-state index contributed by atoms with van der Waals surface area (Å²) in [4.78, 5) is 0. The zero-order valence-corrected chi connectivity index (χ0v) is 15.4. The Labute approximate surface area is 152 Å². The van der Waals surface area contributed by atoms with Crippen LogP contribution in [0.3, 0.4) is 0 Å². The maximum Gasteiger partial charge on any atom is 0.420 e. The molecule has 0 aromatic heterocycles. The second-order valence-corrected chi connectivity index (χ2v) is 6.92. The van der Waals surface area contributed by atoms with E-state index >= 15 is 0 Å². The van der Waals surface area contributed by atoms with Crippen LogP contribution in [0.1, 0.15) is 33.1 Å². The highest BCUT2D eigenvalue weighted by molar-refractivity contribution is 9.12. The topological polar surface area (TPSA) is 57.1 Å². The average Bonchev–Trinajstić information content (AvgIpc) is 2.51. The summed E-state index contributed by atoms with van der Waals surface area (Å²) in [6.07, 6.45) is -1.36. The van der Waals surface area contributed by atoms with E-state index in [1.54, 1.807) is 13.8 Å². The third-order valence-corrected chi connectivity index (χ3v) is 4.55. The van der Waals surface area contributed by atoms with Crippen LogP contribution < -0.4 is 10.6 Å². The normalized spacial score (nSPS) is 24.4. The van der Waals surface area contributed by atoms with Crippen molar-refractivity contribution < 1.29 is 22.3 Å². The van der Waals surface area contributed by atoms with Crippen molar-refractivity contribution in [2.45, 2.75) is 51.6 Å². The largest absolute Gasteiger partial charge is 0.420 e. The molecule has 0 aromatic rings. The number of nitrogens with one attached hydrogen (secondary N) is 3. The standard InChI is InChI=1S/C16H20BrF4N3O/c1-8(2)24-15-13(18)11(16(19,20)21)12(17)9(14(15)22)7-23-10-5-3-4-6-25-10/h7-8,10,22-24H,3-6H2,1-2H3/b9-7-,22-14?. The molecule has 140 valence electrons. The number of allylic oxidation sites excluding steroid dienone is 4. The Morgan fingerprint density at radius 1 is 1.32 bits per heavy atom. The molecule has 1 heterocycles. The Morgan fingerprint density at radius 2 is 2.00 bits per heavy atom. The van der Waals surface area contributed by atoms with E-state index in [-0.39, 0.29) is 23.6 Å². The van der Waals surface area contributed by atoms with Crippen molar-refractivity contribution in [3.8, 4) is 0 Å². The number of hydrogen-bond acceptors (Lipinski definition) is 4. The number of alkyl halides is 3. The summed E-state index contributed by atoms with van der Waals surface area (Å²) in [5.41, 5.74) is -2.33. The van der Waals surface area contributed by atoms with E-state index in [2.05, 4.69) is 26.6 Å². The SMILES string of the molecule is CC(C)NC1=C(F)C(C(F)(F)F)=C(Br)/C(=C/NC2CCCCO2)C1=N. The van der Waals surface area contributed by atoms with Crippen LogP contribution in [0.25, 0.3) is 0 Å². The minimum absolute atomic E-state index is 0.0777. The highest BCUT2D eigenvalue weighted by Gasteiger charge is 2.44. The molecule has 0 aromatic carbocycles. The summed E-state index contributed by atoms with van der Waals surface area (Å²) < 4.78 is 59.3. The van der Waals surface area contributed by atoms with Crippen LogP contribution in [0.15, 0.2) is 33.4 Å². The van der Waals surface area contributed by atoms with E-state index in [0.717, 1.165) is 12.8 Å². The van der Waals surface area contributed by atoms with Gasteiger partial charge in [-0.25, -0.2) is 4.39 Å². The van der Waals surface area contributed by atoms with Gasteiger partial charge in [0.15, 0.2) is 5.83 Å². The molecule has 4 nitrogen and oxygen atoms in total. The molecule has 3 N–H and O–H groups in total. The molecular formula is C16H20BrF4N3O. The van der Waals surface area contributed by atoms with Crippen LogP contribution in [0.5, 0.6) is 0 Å². The van der Waals surface area contributed by atoms with E-state index < -0.39 is 27.8 Å². The second kappa shape index (κ2) is 7.90. The van der Waals surface area contributed by atoms with Gasteiger partial charge in [0.05, 0.1) is 11.4 Å². The first-order chi connectivity index (χ1) is 11.6. The van der Waals surface area contributed by atoms with E-state index in [1.165, 1.54) is 6.20 Å². The first-order valence-electron chi connectivity index (χ1n) is 7.94. The first-order valence-corrected chi connectivity index (χ1v) is 8.73. The van der Waals surface area contributed by atoms with E-state index in [9.17, 15) is 17.6 Å². The fourth-order valence-electron chi connectivity index (χ4n) is 2.57. The molecule has 25 heavy (non-hydrogen) atoms. The van der Waals surface area contributed by atoms with Gasteiger partial charge in [0.25, 0.3) is 0 Å². The van der Waals surface area contributed by atoms with Crippen molar-refractivity contribution in [2.24, 2.45) is 0 Å². The van der Waals surface area contributed by atoms with Gasteiger partial charge in [-0.3, -0.25) is 5.41 Å². The first kappa shape index (κ1) is 20.0. The Morgan fingerprint density at radius 3 is 2.52 bits per heavy atom. The summed E-state index contributed by atoms with van der Waals surface area (Å²) in [7, 11) is 0. The van der Waals surface area contributed by atoms with Crippen molar-refractivity contribution in [2.75, 3.05) is 6.61 Å². The fraction of sp³-hybridized carbons (Fsp3) is 0.562. The van der Waals surface area contributed by atoms with Gasteiger partial charge < -0.3 is 15.4 Å². The van der Waals surface area contributed by atoms with Gasteiger partial charge in [-0.15, -0.1) is 0 Å². The van der Waals surface area contributed by atoms with Gasteiger partial charge in [-0.2, -0.15) is 13.2 Å². The van der Waals surface area contributed by atoms with Crippen LogP contribution >= 0.6 is 15.9 Å². The van der Waals surface area contributed by atoms with Gasteiger partial charge in [0.2, 0.25) is 0 Å². The van der Waals surface area contributed by atoms with Gasteiger partial charge in [-0.05, 0) is 49.0 Å². The Bertz CT molecular complexity index is 632. The highest BCUT2D eigenvalue weighted by atomic mass is 79.9. The third kappa shape index (κ3) is 4.63. The zero-order valence-electron chi connectivity index (χ0n) is 13.9.